The van der Waals surface area contributed by atoms with Gasteiger partial charge in [-0.2, -0.15) is 0 Å². The van der Waals surface area contributed by atoms with E-state index in [1.54, 1.807) is 23.5 Å². The van der Waals surface area contributed by atoms with Gasteiger partial charge in [0.1, 0.15) is 5.01 Å². The Labute approximate surface area is 133 Å². The van der Waals surface area contributed by atoms with Crippen LogP contribution in [0.5, 0.6) is 0 Å². The van der Waals surface area contributed by atoms with E-state index >= 15 is 0 Å². The van der Waals surface area contributed by atoms with Gasteiger partial charge in [0.25, 0.3) is 0 Å². The van der Waals surface area contributed by atoms with Crippen molar-refractivity contribution < 1.29 is 8.42 Å². The van der Waals surface area contributed by atoms with Crippen LogP contribution in [0.15, 0.2) is 58.8 Å². The number of benzene rings is 2. The summed E-state index contributed by atoms with van der Waals surface area (Å²) in [6.07, 6.45) is 0. The standard InChI is InChI=1S/C16H14N2O2S2/c1-11-2-4-13(5-3-11)16-18-15(10-21-16)12-6-8-14(9-7-12)22(17,19)20/h2-10H,1H3,(H2,17,19,20). The van der Waals surface area contributed by atoms with E-state index in [1.165, 1.54) is 17.7 Å². The molecule has 0 fully saturated rings. The Kier molecular flexibility index (Phi) is 3.82. The van der Waals surface area contributed by atoms with Crippen molar-refractivity contribution in [2.45, 2.75) is 11.8 Å². The molecule has 0 aliphatic carbocycles. The van der Waals surface area contributed by atoms with Gasteiger partial charge in [-0.1, -0.05) is 42.0 Å². The summed E-state index contributed by atoms with van der Waals surface area (Å²) in [4.78, 5) is 4.71. The van der Waals surface area contributed by atoms with Crippen LogP contribution in [-0.2, 0) is 10.0 Å². The minimum Gasteiger partial charge on any atom is -0.236 e. The van der Waals surface area contributed by atoms with E-state index in [9.17, 15) is 8.42 Å². The maximum Gasteiger partial charge on any atom is 0.238 e. The van der Waals surface area contributed by atoms with Gasteiger partial charge in [0, 0.05) is 16.5 Å². The predicted octanol–water partition coefficient (Wildman–Crippen LogP) is 3.43. The highest BCUT2D eigenvalue weighted by molar-refractivity contribution is 7.89. The fraction of sp³-hybridized carbons (Fsp3) is 0.0625. The zero-order valence-corrected chi connectivity index (χ0v) is 13.5. The third-order valence-corrected chi connectivity index (χ3v) is 5.10. The molecule has 3 aromatic rings. The second-order valence-electron chi connectivity index (χ2n) is 4.97. The summed E-state index contributed by atoms with van der Waals surface area (Å²) in [5, 5.41) is 7.99. The first-order valence-electron chi connectivity index (χ1n) is 6.59. The molecule has 4 nitrogen and oxygen atoms in total. The van der Waals surface area contributed by atoms with E-state index in [2.05, 4.69) is 17.1 Å². The molecule has 22 heavy (non-hydrogen) atoms. The molecule has 0 atom stereocenters. The summed E-state index contributed by atoms with van der Waals surface area (Å²) < 4.78 is 22.5. The fourth-order valence-electron chi connectivity index (χ4n) is 2.05. The molecule has 1 heterocycles. The molecule has 112 valence electrons. The molecule has 6 heteroatoms. The Hall–Kier alpha value is -2.02. The van der Waals surface area contributed by atoms with Crippen molar-refractivity contribution in [3.05, 3.63) is 59.5 Å². The largest absolute Gasteiger partial charge is 0.238 e. The topological polar surface area (TPSA) is 73.0 Å². The maximum atomic E-state index is 11.3. The average molecular weight is 330 g/mol. The summed E-state index contributed by atoms with van der Waals surface area (Å²) >= 11 is 1.56. The highest BCUT2D eigenvalue weighted by Crippen LogP contribution is 2.29. The van der Waals surface area contributed by atoms with Crippen molar-refractivity contribution in [2.24, 2.45) is 5.14 Å². The number of thiazole rings is 1. The molecule has 0 bridgehead atoms. The van der Waals surface area contributed by atoms with Crippen LogP contribution in [0.4, 0.5) is 0 Å². The van der Waals surface area contributed by atoms with Crippen LogP contribution in [0.3, 0.4) is 0 Å². The summed E-state index contributed by atoms with van der Waals surface area (Å²) in [5.41, 5.74) is 3.96. The Morgan fingerprint density at radius 1 is 0.955 bits per heavy atom. The third-order valence-electron chi connectivity index (χ3n) is 3.28. The van der Waals surface area contributed by atoms with E-state index in [4.69, 9.17) is 5.14 Å². The maximum absolute atomic E-state index is 11.3. The summed E-state index contributed by atoms with van der Waals surface area (Å²) in [6, 6.07) is 14.6. The number of rotatable bonds is 3. The van der Waals surface area contributed by atoms with Crippen molar-refractivity contribution in [1.29, 1.82) is 0 Å². The van der Waals surface area contributed by atoms with Crippen LogP contribution in [0.2, 0.25) is 0 Å². The van der Waals surface area contributed by atoms with Crippen LogP contribution in [0.25, 0.3) is 21.8 Å². The molecule has 2 N–H and O–H groups in total. The molecule has 0 unspecified atom stereocenters. The molecule has 0 amide bonds. The van der Waals surface area contributed by atoms with Gasteiger partial charge < -0.3 is 0 Å². The van der Waals surface area contributed by atoms with Gasteiger partial charge in [-0.3, -0.25) is 0 Å². The second kappa shape index (κ2) is 5.64. The van der Waals surface area contributed by atoms with Gasteiger partial charge in [-0.25, -0.2) is 18.5 Å². The Morgan fingerprint density at radius 2 is 1.55 bits per heavy atom. The molecule has 0 aliphatic rings. The second-order valence-corrected chi connectivity index (χ2v) is 7.39. The molecule has 0 saturated heterocycles. The molecule has 1 aromatic heterocycles. The van der Waals surface area contributed by atoms with Crippen molar-refractivity contribution in [3.63, 3.8) is 0 Å². The molecular formula is C16H14N2O2S2. The quantitative estimate of drug-likeness (QED) is 0.799. The zero-order chi connectivity index (χ0) is 15.7. The summed E-state index contributed by atoms with van der Waals surface area (Å²) in [5.74, 6) is 0. The van der Waals surface area contributed by atoms with Crippen LogP contribution in [0, 0.1) is 6.92 Å². The van der Waals surface area contributed by atoms with E-state index in [-0.39, 0.29) is 4.90 Å². The molecule has 3 rings (SSSR count). The molecule has 0 spiro atoms. The molecule has 0 radical (unpaired) electrons. The fourth-order valence-corrected chi connectivity index (χ4v) is 3.40. The SMILES string of the molecule is Cc1ccc(-c2nc(-c3ccc(S(N)(=O)=O)cc3)cs2)cc1. The van der Waals surface area contributed by atoms with Crippen LogP contribution < -0.4 is 5.14 Å². The van der Waals surface area contributed by atoms with Crippen molar-refractivity contribution in [2.75, 3.05) is 0 Å². The van der Waals surface area contributed by atoms with Crippen molar-refractivity contribution in [1.82, 2.24) is 4.98 Å². The first kappa shape index (κ1) is 14.9. The van der Waals surface area contributed by atoms with Gasteiger partial charge in [0.15, 0.2) is 0 Å². The third kappa shape index (κ3) is 3.09. The Bertz CT molecular complexity index is 896. The first-order valence-corrected chi connectivity index (χ1v) is 9.02. The molecule has 0 aliphatic heterocycles. The van der Waals surface area contributed by atoms with Gasteiger partial charge >= 0.3 is 0 Å². The minimum atomic E-state index is -3.66. The minimum absolute atomic E-state index is 0.102. The van der Waals surface area contributed by atoms with Gasteiger partial charge in [-0.15, -0.1) is 11.3 Å². The Morgan fingerprint density at radius 3 is 2.14 bits per heavy atom. The number of aryl methyl sites for hydroxylation is 1. The monoisotopic (exact) mass is 330 g/mol. The lowest BCUT2D eigenvalue weighted by molar-refractivity contribution is 0.598. The van der Waals surface area contributed by atoms with E-state index in [0.717, 1.165) is 21.8 Å². The predicted molar refractivity (Wildman–Crippen MR) is 89.1 cm³/mol. The number of sulfonamides is 1. The highest BCUT2D eigenvalue weighted by Gasteiger charge is 2.10. The van der Waals surface area contributed by atoms with E-state index in [1.807, 2.05) is 24.4 Å². The van der Waals surface area contributed by atoms with Gasteiger partial charge in [0.2, 0.25) is 10.0 Å². The molecule has 0 saturated carbocycles. The number of aromatic nitrogens is 1. The van der Waals surface area contributed by atoms with E-state index in [0.29, 0.717) is 0 Å². The normalized spacial score (nSPS) is 11.5. The number of nitrogens with zero attached hydrogens (tertiary/aromatic N) is 1. The van der Waals surface area contributed by atoms with Crippen LogP contribution >= 0.6 is 11.3 Å². The summed E-state index contributed by atoms with van der Waals surface area (Å²) in [7, 11) is -3.66. The number of hydrogen-bond donors (Lipinski definition) is 1. The number of nitrogens with two attached hydrogens (primary N) is 1. The Balaban J connectivity index is 1.92. The highest BCUT2D eigenvalue weighted by atomic mass is 32.2. The smallest absolute Gasteiger partial charge is 0.236 e. The van der Waals surface area contributed by atoms with Gasteiger partial charge in [0.05, 0.1) is 10.6 Å². The molecular weight excluding hydrogens is 316 g/mol. The lowest BCUT2D eigenvalue weighted by Gasteiger charge is -2.00. The van der Waals surface area contributed by atoms with E-state index < -0.39 is 10.0 Å². The zero-order valence-electron chi connectivity index (χ0n) is 11.9. The van der Waals surface area contributed by atoms with Crippen LogP contribution in [0.1, 0.15) is 5.56 Å². The van der Waals surface area contributed by atoms with Crippen molar-refractivity contribution in [3.8, 4) is 21.8 Å². The lowest BCUT2D eigenvalue weighted by atomic mass is 10.1. The molecule has 2 aromatic carbocycles. The lowest BCUT2D eigenvalue weighted by Crippen LogP contribution is -2.11. The summed E-state index contributed by atoms with van der Waals surface area (Å²) in [6.45, 7) is 2.05. The van der Waals surface area contributed by atoms with Crippen molar-refractivity contribution >= 4 is 21.4 Å². The number of primary sulfonamides is 1. The average Bonchev–Trinajstić information content (AvgIpc) is 2.97. The van der Waals surface area contributed by atoms with Crippen LogP contribution in [-0.4, -0.2) is 13.4 Å². The number of hydrogen-bond acceptors (Lipinski definition) is 4. The van der Waals surface area contributed by atoms with Gasteiger partial charge in [-0.05, 0) is 19.1 Å². The first-order chi connectivity index (χ1) is 10.4.